The van der Waals surface area contributed by atoms with E-state index in [1.165, 1.54) is 11.5 Å². The van der Waals surface area contributed by atoms with Gasteiger partial charge in [0.05, 0.1) is 5.52 Å². The van der Waals surface area contributed by atoms with Gasteiger partial charge in [-0.1, -0.05) is 18.2 Å². The van der Waals surface area contributed by atoms with Crippen molar-refractivity contribution >= 4 is 23.3 Å². The van der Waals surface area contributed by atoms with Gasteiger partial charge in [-0.15, -0.1) is 0 Å². The monoisotopic (exact) mass is 185 g/mol. The predicted molar refractivity (Wildman–Crippen MR) is 58.0 cm³/mol. The number of nitrogens with zero attached hydrogens (tertiary/aromatic N) is 1. The largest absolute Gasteiger partial charge is 0.350 e. The highest BCUT2D eigenvalue weighted by molar-refractivity contribution is 5.90. The van der Waals surface area contributed by atoms with Crippen LogP contribution < -0.4 is 0 Å². The normalized spacial score (nSPS) is 11.2. The standard InChI is InChI=1S/C12H11NO/c1-13-8-7-11-5-2-4-10(12(11)13)6-3-9-14/h2-9H,1H3/b6-3+. The maximum atomic E-state index is 10.2. The third kappa shape index (κ3) is 1.35. The van der Waals surface area contributed by atoms with Crippen LogP contribution >= 0.6 is 0 Å². The van der Waals surface area contributed by atoms with Gasteiger partial charge >= 0.3 is 0 Å². The smallest absolute Gasteiger partial charge is 0.142 e. The molecule has 0 unspecified atom stereocenters. The Labute approximate surface area is 82.5 Å². The molecule has 1 aromatic heterocycles. The molecule has 1 aromatic carbocycles. The number of benzene rings is 1. The first-order valence-electron chi connectivity index (χ1n) is 4.49. The number of hydrogen-bond donors (Lipinski definition) is 0. The van der Waals surface area contributed by atoms with Crippen LogP contribution in [0.3, 0.4) is 0 Å². The molecule has 2 rings (SSSR count). The van der Waals surface area contributed by atoms with Crippen LogP contribution in [-0.4, -0.2) is 10.9 Å². The first kappa shape index (κ1) is 8.75. The quantitative estimate of drug-likeness (QED) is 0.520. The van der Waals surface area contributed by atoms with Gasteiger partial charge in [-0.3, -0.25) is 4.79 Å². The Morgan fingerprint density at radius 2 is 2.14 bits per heavy atom. The zero-order valence-corrected chi connectivity index (χ0v) is 7.97. The number of fused-ring (bicyclic) bond motifs is 1. The third-order valence-electron chi connectivity index (χ3n) is 2.28. The maximum absolute atomic E-state index is 10.2. The van der Waals surface area contributed by atoms with Crippen LogP contribution in [0.4, 0.5) is 0 Å². The highest BCUT2D eigenvalue weighted by Crippen LogP contribution is 2.20. The lowest BCUT2D eigenvalue weighted by Crippen LogP contribution is -1.86. The van der Waals surface area contributed by atoms with Gasteiger partial charge in [-0.2, -0.15) is 0 Å². The molecule has 0 N–H and O–H groups in total. The number of carbonyl (C=O) groups excluding carboxylic acids is 1. The highest BCUT2D eigenvalue weighted by Gasteiger charge is 2.00. The van der Waals surface area contributed by atoms with Crippen molar-refractivity contribution in [1.29, 1.82) is 0 Å². The second kappa shape index (κ2) is 3.50. The molecule has 2 heteroatoms. The van der Waals surface area contributed by atoms with E-state index in [0.717, 1.165) is 17.4 Å². The van der Waals surface area contributed by atoms with E-state index in [9.17, 15) is 4.79 Å². The van der Waals surface area contributed by atoms with Crippen molar-refractivity contribution < 1.29 is 4.79 Å². The molecule has 2 aromatic rings. The summed E-state index contributed by atoms with van der Waals surface area (Å²) >= 11 is 0. The van der Waals surface area contributed by atoms with Crippen molar-refractivity contribution in [2.75, 3.05) is 0 Å². The van der Waals surface area contributed by atoms with Crippen molar-refractivity contribution in [3.8, 4) is 0 Å². The van der Waals surface area contributed by atoms with Crippen molar-refractivity contribution in [3.05, 3.63) is 42.1 Å². The van der Waals surface area contributed by atoms with Crippen LogP contribution in [0.15, 0.2) is 36.5 Å². The second-order valence-corrected chi connectivity index (χ2v) is 3.21. The summed E-state index contributed by atoms with van der Waals surface area (Å²) in [5.41, 5.74) is 2.23. The van der Waals surface area contributed by atoms with Gasteiger partial charge in [0, 0.05) is 18.6 Å². The molecular weight excluding hydrogens is 174 g/mol. The van der Waals surface area contributed by atoms with E-state index in [1.54, 1.807) is 0 Å². The summed E-state index contributed by atoms with van der Waals surface area (Å²) in [4.78, 5) is 10.2. The number of allylic oxidation sites excluding steroid dienone is 1. The zero-order chi connectivity index (χ0) is 9.97. The van der Waals surface area contributed by atoms with E-state index >= 15 is 0 Å². The predicted octanol–water partition coefficient (Wildman–Crippen LogP) is 2.39. The van der Waals surface area contributed by atoms with Gasteiger partial charge in [0.1, 0.15) is 6.29 Å². The van der Waals surface area contributed by atoms with E-state index in [-0.39, 0.29) is 0 Å². The number of aromatic nitrogens is 1. The lowest BCUT2D eigenvalue weighted by atomic mass is 10.1. The van der Waals surface area contributed by atoms with Gasteiger partial charge in [0.25, 0.3) is 0 Å². The Morgan fingerprint density at radius 1 is 1.29 bits per heavy atom. The molecular formula is C12H11NO. The highest BCUT2D eigenvalue weighted by atomic mass is 16.1. The molecule has 0 bridgehead atoms. The Hall–Kier alpha value is -1.83. The van der Waals surface area contributed by atoms with Gasteiger partial charge in [-0.05, 0) is 23.8 Å². The maximum Gasteiger partial charge on any atom is 0.142 e. The Bertz CT molecular complexity index is 494. The molecule has 0 aliphatic rings. The lowest BCUT2D eigenvalue weighted by Gasteiger charge is -2.00. The Kier molecular flexibility index (Phi) is 2.19. The molecule has 0 aliphatic heterocycles. The summed E-state index contributed by atoms with van der Waals surface area (Å²) in [7, 11) is 2.00. The average molecular weight is 185 g/mol. The Balaban J connectivity index is 2.68. The molecule has 0 atom stereocenters. The number of carbonyl (C=O) groups is 1. The number of rotatable bonds is 2. The van der Waals surface area contributed by atoms with Crippen LogP contribution in [0.2, 0.25) is 0 Å². The number of aryl methyl sites for hydroxylation is 1. The fraction of sp³-hybridized carbons (Fsp3) is 0.0833. The van der Waals surface area contributed by atoms with Crippen molar-refractivity contribution in [3.63, 3.8) is 0 Å². The molecule has 0 saturated heterocycles. The molecule has 0 saturated carbocycles. The van der Waals surface area contributed by atoms with E-state index in [4.69, 9.17) is 0 Å². The number of hydrogen-bond acceptors (Lipinski definition) is 1. The van der Waals surface area contributed by atoms with E-state index in [2.05, 4.69) is 16.7 Å². The minimum atomic E-state index is 0.793. The van der Waals surface area contributed by atoms with Crippen LogP contribution in [0.1, 0.15) is 5.56 Å². The number of aldehydes is 1. The molecule has 0 fully saturated rings. The molecule has 0 radical (unpaired) electrons. The van der Waals surface area contributed by atoms with E-state index in [0.29, 0.717) is 0 Å². The van der Waals surface area contributed by atoms with Gasteiger partial charge < -0.3 is 4.57 Å². The fourth-order valence-electron chi connectivity index (χ4n) is 1.67. The van der Waals surface area contributed by atoms with Crippen molar-refractivity contribution in [2.24, 2.45) is 7.05 Å². The van der Waals surface area contributed by atoms with Gasteiger partial charge in [0.15, 0.2) is 0 Å². The number of para-hydroxylation sites is 1. The summed E-state index contributed by atoms with van der Waals surface area (Å²) in [6.45, 7) is 0. The molecule has 0 aliphatic carbocycles. The van der Waals surface area contributed by atoms with E-state index < -0.39 is 0 Å². The van der Waals surface area contributed by atoms with Crippen LogP contribution in [0.5, 0.6) is 0 Å². The van der Waals surface area contributed by atoms with E-state index in [1.807, 2.05) is 31.5 Å². The topological polar surface area (TPSA) is 22.0 Å². The molecule has 0 amide bonds. The fourth-order valence-corrected chi connectivity index (χ4v) is 1.67. The van der Waals surface area contributed by atoms with Crippen molar-refractivity contribution in [2.45, 2.75) is 0 Å². The SMILES string of the molecule is Cn1ccc2cccc(/C=C/C=O)c21. The minimum Gasteiger partial charge on any atom is -0.350 e. The summed E-state index contributed by atoms with van der Waals surface area (Å²) in [5.74, 6) is 0. The van der Waals surface area contributed by atoms with Crippen molar-refractivity contribution in [1.82, 2.24) is 4.57 Å². The molecule has 0 spiro atoms. The third-order valence-corrected chi connectivity index (χ3v) is 2.28. The Morgan fingerprint density at radius 3 is 2.93 bits per heavy atom. The minimum absolute atomic E-state index is 0.793. The summed E-state index contributed by atoms with van der Waals surface area (Å²) < 4.78 is 2.06. The summed E-state index contributed by atoms with van der Waals surface area (Å²) in [6.07, 6.45) is 6.15. The van der Waals surface area contributed by atoms with Gasteiger partial charge in [-0.25, -0.2) is 0 Å². The summed E-state index contributed by atoms with van der Waals surface area (Å²) in [5, 5.41) is 1.19. The molecule has 70 valence electrons. The first-order valence-corrected chi connectivity index (χ1v) is 4.49. The first-order chi connectivity index (χ1) is 6.83. The zero-order valence-electron chi connectivity index (χ0n) is 7.97. The lowest BCUT2D eigenvalue weighted by molar-refractivity contribution is -0.104. The molecule has 14 heavy (non-hydrogen) atoms. The average Bonchev–Trinajstić information content (AvgIpc) is 2.58. The van der Waals surface area contributed by atoms with Crippen LogP contribution in [0.25, 0.3) is 17.0 Å². The van der Waals surface area contributed by atoms with Crippen LogP contribution in [0, 0.1) is 0 Å². The second-order valence-electron chi connectivity index (χ2n) is 3.21. The molecule has 1 heterocycles. The van der Waals surface area contributed by atoms with Gasteiger partial charge in [0.2, 0.25) is 0 Å². The summed E-state index contributed by atoms with van der Waals surface area (Å²) in [6, 6.07) is 8.12. The molecule has 2 nitrogen and oxygen atoms in total. The van der Waals surface area contributed by atoms with Crippen LogP contribution in [-0.2, 0) is 11.8 Å².